The molecule has 0 aliphatic carbocycles. The molecule has 6 aromatic rings. The number of aromatic nitrogens is 1. The second-order valence-electron chi connectivity index (χ2n) is 13.7. The molecule has 1 unspecified atom stereocenters. The summed E-state index contributed by atoms with van der Waals surface area (Å²) < 4.78 is 23.8. The molecule has 11 nitrogen and oxygen atoms in total. The summed E-state index contributed by atoms with van der Waals surface area (Å²) in [5.41, 5.74) is 2.84. The van der Waals surface area contributed by atoms with E-state index in [1.54, 1.807) is 57.1 Å². The number of fused-ring (bicyclic) bond motifs is 6. The number of thiophene rings is 1. The van der Waals surface area contributed by atoms with E-state index in [0.29, 0.717) is 56.5 Å². The average Bonchev–Trinajstić information content (AvgIpc) is 3.96. The van der Waals surface area contributed by atoms with E-state index in [4.69, 9.17) is 32.5 Å². The van der Waals surface area contributed by atoms with Gasteiger partial charge in [-0.15, -0.1) is 34.5 Å². The topological polar surface area (TPSA) is 138 Å². The number of carbonyl (C=O) groups excluding carboxylic acids is 3. The van der Waals surface area contributed by atoms with Gasteiger partial charge in [0.2, 0.25) is 0 Å². The van der Waals surface area contributed by atoms with Gasteiger partial charge < -0.3 is 29.3 Å². The normalized spacial score (nSPS) is 16.9. The number of anilines is 2. The minimum Gasteiger partial charge on any atom is -0.424 e. The van der Waals surface area contributed by atoms with Crippen LogP contribution in [-0.4, -0.2) is 71.6 Å². The predicted molar refractivity (Wildman–Crippen MR) is 235 cm³/mol. The van der Waals surface area contributed by atoms with Crippen LogP contribution in [-0.2, 0) is 4.57 Å². The van der Waals surface area contributed by atoms with Crippen LogP contribution in [0, 0.1) is 0 Å². The van der Waals surface area contributed by atoms with Gasteiger partial charge in [-0.1, -0.05) is 65.4 Å². The van der Waals surface area contributed by atoms with Crippen molar-refractivity contribution in [3.8, 4) is 11.5 Å². The largest absolute Gasteiger partial charge is 0.424 e. The Labute approximate surface area is 355 Å². The quantitative estimate of drug-likeness (QED) is 0.0528. The van der Waals surface area contributed by atoms with Crippen LogP contribution < -0.4 is 24.4 Å². The van der Waals surface area contributed by atoms with Crippen molar-refractivity contribution in [2.75, 3.05) is 53.6 Å². The number of hydrogen-bond donors (Lipinski definition) is 2. The fourth-order valence-corrected chi connectivity index (χ4v) is 11.2. The average molecular weight is 894 g/mol. The van der Waals surface area contributed by atoms with Gasteiger partial charge in [-0.3, -0.25) is 9.59 Å². The van der Waals surface area contributed by atoms with Crippen LogP contribution in [0.25, 0.3) is 21.5 Å². The molecule has 0 radical (unpaired) electrons. The molecule has 2 N–H and O–H groups in total. The van der Waals surface area contributed by atoms with Crippen molar-refractivity contribution < 1.29 is 33.1 Å². The van der Waals surface area contributed by atoms with Crippen LogP contribution in [0.2, 0.25) is 0 Å². The molecule has 0 fully saturated rings. The Kier molecular flexibility index (Phi) is 12.0. The van der Waals surface area contributed by atoms with E-state index in [1.165, 1.54) is 10.8 Å². The summed E-state index contributed by atoms with van der Waals surface area (Å²) in [7, 11) is -0.849. The molecule has 298 valence electrons. The second-order valence-corrected chi connectivity index (χ2v) is 19.6. The number of pyridine rings is 1. The van der Waals surface area contributed by atoms with Crippen molar-refractivity contribution >= 4 is 115 Å². The lowest BCUT2D eigenvalue weighted by molar-refractivity contribution is 0.0986. The summed E-state index contributed by atoms with van der Waals surface area (Å²) in [5, 5.41) is 6.64. The minimum absolute atomic E-state index is 0.183. The maximum Gasteiger partial charge on any atom is 0.412 e. The summed E-state index contributed by atoms with van der Waals surface area (Å²) in [6.07, 6.45) is 1.11. The van der Waals surface area contributed by atoms with E-state index in [9.17, 15) is 23.8 Å². The molecule has 3 atom stereocenters. The molecular weight excluding hydrogens is 859 g/mol. The monoisotopic (exact) mass is 892 g/mol. The molecule has 8 rings (SSSR count). The maximum absolute atomic E-state index is 14.4. The van der Waals surface area contributed by atoms with Gasteiger partial charge >= 0.3 is 13.7 Å². The highest BCUT2D eigenvalue weighted by Gasteiger charge is 2.38. The summed E-state index contributed by atoms with van der Waals surface area (Å²) in [6.45, 7) is 2.05. The fourth-order valence-electron chi connectivity index (χ4n) is 7.47. The first-order valence-electron chi connectivity index (χ1n) is 18.2. The SMILES string of the molecule is CP(=O)(O)Oc1cc2c(c3ccccc13)[C@H](CCl)CN2C(=O)c1ccc(C(=O)N2C[C@@H](CCl)c3c2cc(OC(=O)NCCSSc2ccccn2)c2ccccc32)s1. The molecule has 58 heavy (non-hydrogen) atoms. The van der Waals surface area contributed by atoms with Gasteiger partial charge in [-0.2, -0.15) is 0 Å². The zero-order valence-corrected chi connectivity index (χ0v) is 35.7. The third-order valence-electron chi connectivity index (χ3n) is 9.85. The van der Waals surface area contributed by atoms with Crippen LogP contribution in [0.3, 0.4) is 0 Å². The predicted octanol–water partition coefficient (Wildman–Crippen LogP) is 10.1. The lowest BCUT2D eigenvalue weighted by atomic mass is 9.95. The van der Waals surface area contributed by atoms with Crippen LogP contribution in [0.4, 0.5) is 16.2 Å². The van der Waals surface area contributed by atoms with Gasteiger partial charge in [0.15, 0.2) is 0 Å². The fraction of sp³-hybridized carbons (Fsp3) is 0.220. The summed E-state index contributed by atoms with van der Waals surface area (Å²) in [6, 6.07) is 27.2. The van der Waals surface area contributed by atoms with Crippen molar-refractivity contribution in [3.05, 3.63) is 118 Å². The molecule has 2 aromatic heterocycles. The standard InChI is InChI=1S/C41H35Cl2N4O7PS3/c1-55(51,52)54-33-19-31-38(29-11-5-3-9-27(29)33)25(21-43)23-47(31)40(49)35-14-13-34(57-35)39(48)46-22-24(20-42)37-28-10-4-2-8-26(28)32(18-30(37)46)53-41(50)45-16-17-56-58-36-12-6-7-15-44-36/h2-15,18-19,24-25H,16-17,20-23H2,1H3,(H,45,50)(H,51,52)/t24-,25-/m1/s1. The van der Waals surface area contributed by atoms with Crippen LogP contribution in [0.5, 0.6) is 11.5 Å². The van der Waals surface area contributed by atoms with Gasteiger partial charge in [-0.05, 0) is 57.0 Å². The van der Waals surface area contributed by atoms with Gasteiger partial charge in [0, 0.05) is 84.7 Å². The Bertz CT molecular complexity index is 2610. The highest BCUT2D eigenvalue weighted by molar-refractivity contribution is 8.76. The van der Waals surface area contributed by atoms with Crippen molar-refractivity contribution in [2.24, 2.45) is 0 Å². The number of carbonyl (C=O) groups is 3. The van der Waals surface area contributed by atoms with Gasteiger partial charge in [-0.25, -0.2) is 14.3 Å². The van der Waals surface area contributed by atoms with Gasteiger partial charge in [0.05, 0.1) is 21.1 Å². The molecule has 0 saturated carbocycles. The highest BCUT2D eigenvalue weighted by Crippen LogP contribution is 2.50. The number of hydrogen-bond acceptors (Lipinski definition) is 10. The summed E-state index contributed by atoms with van der Waals surface area (Å²) in [5.74, 6) is 0.536. The van der Waals surface area contributed by atoms with Gasteiger partial charge in [0.1, 0.15) is 16.5 Å². The molecular formula is C41H35Cl2N4O7PS3. The molecule has 2 aliphatic rings. The highest BCUT2D eigenvalue weighted by atomic mass is 35.5. The first-order valence-corrected chi connectivity index (χ1v) is 24.4. The lowest BCUT2D eigenvalue weighted by Gasteiger charge is -2.20. The van der Waals surface area contributed by atoms with Crippen molar-refractivity contribution in [1.29, 1.82) is 0 Å². The van der Waals surface area contributed by atoms with Crippen LogP contribution in [0.1, 0.15) is 42.3 Å². The van der Waals surface area contributed by atoms with E-state index < -0.39 is 13.7 Å². The first kappa shape index (κ1) is 40.5. The molecule has 0 bridgehead atoms. The van der Waals surface area contributed by atoms with E-state index in [2.05, 4.69) is 10.3 Å². The third-order valence-corrected chi connectivity index (χ3v) is 14.5. The summed E-state index contributed by atoms with van der Waals surface area (Å²) in [4.78, 5) is 60.0. The Morgan fingerprint density at radius 1 is 0.828 bits per heavy atom. The molecule has 3 amide bonds. The zero-order valence-electron chi connectivity index (χ0n) is 30.8. The number of rotatable bonds is 12. The summed E-state index contributed by atoms with van der Waals surface area (Å²) >= 11 is 14.1. The number of nitrogens with zero attached hydrogens (tertiary/aromatic N) is 3. The smallest absolute Gasteiger partial charge is 0.412 e. The molecule has 4 aromatic carbocycles. The van der Waals surface area contributed by atoms with Crippen LogP contribution >= 0.6 is 63.7 Å². The molecule has 17 heteroatoms. The molecule has 2 aliphatic heterocycles. The maximum atomic E-state index is 14.4. The zero-order chi connectivity index (χ0) is 40.6. The molecule has 0 saturated heterocycles. The number of benzene rings is 4. The second kappa shape index (κ2) is 17.1. The minimum atomic E-state index is -3.94. The van der Waals surface area contributed by atoms with E-state index in [1.807, 2.05) is 60.7 Å². The Morgan fingerprint density at radius 2 is 1.36 bits per heavy atom. The van der Waals surface area contributed by atoms with E-state index >= 15 is 0 Å². The Morgan fingerprint density at radius 3 is 1.90 bits per heavy atom. The lowest BCUT2D eigenvalue weighted by Crippen LogP contribution is -2.30. The number of ether oxygens (including phenoxy) is 1. The third kappa shape index (κ3) is 8.16. The number of nitrogens with one attached hydrogen (secondary N) is 1. The van der Waals surface area contributed by atoms with Gasteiger partial charge in [0.25, 0.3) is 11.8 Å². The number of alkyl halides is 2. The Balaban J connectivity index is 1.04. The van der Waals surface area contributed by atoms with Crippen molar-refractivity contribution in [1.82, 2.24) is 10.3 Å². The van der Waals surface area contributed by atoms with Crippen molar-refractivity contribution in [2.45, 2.75) is 16.9 Å². The van der Waals surface area contributed by atoms with Crippen molar-refractivity contribution in [3.63, 3.8) is 0 Å². The van der Waals surface area contributed by atoms with E-state index in [-0.39, 0.29) is 47.7 Å². The Hall–Kier alpha value is -4.27. The number of amides is 3. The van der Waals surface area contributed by atoms with Crippen LogP contribution in [0.15, 0.2) is 102 Å². The molecule has 4 heterocycles. The molecule has 0 spiro atoms. The van der Waals surface area contributed by atoms with E-state index in [0.717, 1.165) is 44.9 Å². The number of halogens is 2. The first-order chi connectivity index (χ1) is 28.0.